The molecule has 0 bridgehead atoms. The van der Waals surface area contributed by atoms with Crippen LogP contribution < -0.4 is 4.57 Å². The molecule has 0 amide bonds. The second-order valence-corrected chi connectivity index (χ2v) is 8.71. The van der Waals surface area contributed by atoms with Gasteiger partial charge in [-0.25, -0.2) is 4.57 Å². The van der Waals surface area contributed by atoms with Gasteiger partial charge in [-0.1, -0.05) is 50.6 Å². The number of nitrogens with zero attached hydrogens (tertiary/aromatic N) is 1. The van der Waals surface area contributed by atoms with Gasteiger partial charge in [0.25, 0.3) is 0 Å². The SMILES string of the molecule is Cc1ccc(C)c(-c2c3ccc(CC(C)(C)C)cc3c(C)c[n+]2C)c1. The first-order chi connectivity index (χ1) is 11.7. The van der Waals surface area contributed by atoms with Crippen LogP contribution in [-0.2, 0) is 13.5 Å². The quantitative estimate of drug-likeness (QED) is 0.519. The lowest BCUT2D eigenvalue weighted by molar-refractivity contribution is -0.659. The fraction of sp³-hybridized carbons (Fsp3) is 0.375. The molecular weight excluding hydrogens is 302 g/mol. The smallest absolute Gasteiger partial charge is 0.200 e. The average Bonchev–Trinajstić information content (AvgIpc) is 2.49. The molecule has 0 aliphatic heterocycles. The lowest BCUT2D eigenvalue weighted by Gasteiger charge is -2.19. The first-order valence-electron chi connectivity index (χ1n) is 9.15. The third kappa shape index (κ3) is 3.61. The van der Waals surface area contributed by atoms with E-state index in [0.717, 1.165) is 6.42 Å². The number of rotatable bonds is 2. The summed E-state index contributed by atoms with van der Waals surface area (Å²) in [7, 11) is 2.16. The molecule has 0 saturated heterocycles. The van der Waals surface area contributed by atoms with Gasteiger partial charge in [0.2, 0.25) is 5.69 Å². The maximum absolute atomic E-state index is 2.39. The van der Waals surface area contributed by atoms with Crippen LogP contribution in [0, 0.1) is 26.2 Å². The van der Waals surface area contributed by atoms with Crippen LogP contribution in [0.1, 0.15) is 43.0 Å². The standard InChI is InChI=1S/C24H30N/c1-16-8-9-17(2)22(12-16)23-20-11-10-19(14-24(4,5)6)13-21(20)18(3)15-25(23)7/h8-13,15H,14H2,1-7H3/q+1. The van der Waals surface area contributed by atoms with Crippen molar-refractivity contribution in [2.24, 2.45) is 12.5 Å². The van der Waals surface area contributed by atoms with Crippen LogP contribution >= 0.6 is 0 Å². The van der Waals surface area contributed by atoms with Crippen molar-refractivity contribution in [1.29, 1.82) is 0 Å². The normalized spacial score (nSPS) is 12.0. The molecule has 0 aliphatic rings. The van der Waals surface area contributed by atoms with Gasteiger partial charge in [-0.3, -0.25) is 0 Å². The summed E-state index contributed by atoms with van der Waals surface area (Å²) >= 11 is 0. The number of pyridine rings is 1. The highest BCUT2D eigenvalue weighted by atomic mass is 14.9. The fourth-order valence-electron chi connectivity index (χ4n) is 3.79. The topological polar surface area (TPSA) is 3.88 Å². The molecule has 0 N–H and O–H groups in total. The molecule has 1 heterocycles. The molecule has 1 heteroatoms. The van der Waals surface area contributed by atoms with Gasteiger partial charge < -0.3 is 0 Å². The molecule has 0 saturated carbocycles. The van der Waals surface area contributed by atoms with Gasteiger partial charge in [0.1, 0.15) is 7.05 Å². The van der Waals surface area contributed by atoms with Crippen molar-refractivity contribution in [3.63, 3.8) is 0 Å². The van der Waals surface area contributed by atoms with Crippen LogP contribution in [0.2, 0.25) is 0 Å². The summed E-state index contributed by atoms with van der Waals surface area (Å²) in [6.45, 7) is 13.5. The average molecular weight is 333 g/mol. The molecular formula is C24H30N+. The van der Waals surface area contributed by atoms with Crippen molar-refractivity contribution in [2.75, 3.05) is 0 Å². The molecule has 2 aromatic carbocycles. The van der Waals surface area contributed by atoms with E-state index in [9.17, 15) is 0 Å². The third-order valence-electron chi connectivity index (χ3n) is 4.89. The van der Waals surface area contributed by atoms with E-state index in [1.165, 1.54) is 44.3 Å². The van der Waals surface area contributed by atoms with Crippen LogP contribution in [0.3, 0.4) is 0 Å². The molecule has 1 aromatic heterocycles. The van der Waals surface area contributed by atoms with E-state index < -0.39 is 0 Å². The minimum Gasteiger partial charge on any atom is -0.200 e. The van der Waals surface area contributed by atoms with Crippen LogP contribution in [0.25, 0.3) is 22.0 Å². The number of fused-ring (bicyclic) bond motifs is 1. The maximum Gasteiger partial charge on any atom is 0.220 e. The minimum atomic E-state index is 0.303. The van der Waals surface area contributed by atoms with Crippen LogP contribution in [0.15, 0.2) is 42.6 Å². The zero-order chi connectivity index (χ0) is 18.4. The Morgan fingerprint density at radius 1 is 0.840 bits per heavy atom. The highest BCUT2D eigenvalue weighted by molar-refractivity contribution is 5.95. The van der Waals surface area contributed by atoms with Crippen molar-refractivity contribution >= 4 is 10.8 Å². The lowest BCUT2D eigenvalue weighted by Crippen LogP contribution is -2.31. The Morgan fingerprint density at radius 2 is 1.56 bits per heavy atom. The van der Waals surface area contributed by atoms with Gasteiger partial charge in [0, 0.05) is 11.1 Å². The largest absolute Gasteiger partial charge is 0.220 e. The highest BCUT2D eigenvalue weighted by Gasteiger charge is 2.20. The summed E-state index contributed by atoms with van der Waals surface area (Å²) in [5.41, 5.74) is 8.33. The first kappa shape index (κ1) is 17.7. The van der Waals surface area contributed by atoms with Gasteiger partial charge in [-0.2, -0.15) is 0 Å². The van der Waals surface area contributed by atoms with Gasteiger partial charge >= 0.3 is 0 Å². The number of aromatic nitrogens is 1. The van der Waals surface area contributed by atoms with Crippen molar-refractivity contribution in [2.45, 2.75) is 48.0 Å². The Morgan fingerprint density at radius 3 is 2.24 bits per heavy atom. The van der Waals surface area contributed by atoms with E-state index >= 15 is 0 Å². The Hall–Kier alpha value is -2.15. The fourth-order valence-corrected chi connectivity index (χ4v) is 3.79. The van der Waals surface area contributed by atoms with E-state index in [2.05, 4.69) is 95.8 Å². The second-order valence-electron chi connectivity index (χ2n) is 8.71. The van der Waals surface area contributed by atoms with E-state index in [1.807, 2.05) is 0 Å². The molecule has 0 unspecified atom stereocenters. The van der Waals surface area contributed by atoms with Gasteiger partial charge in [-0.05, 0) is 61.3 Å². The number of aryl methyl sites for hydroxylation is 4. The molecule has 130 valence electrons. The number of hydrogen-bond acceptors (Lipinski definition) is 0. The molecule has 0 aliphatic carbocycles. The van der Waals surface area contributed by atoms with Gasteiger partial charge in [0.05, 0.1) is 5.39 Å². The molecule has 25 heavy (non-hydrogen) atoms. The van der Waals surface area contributed by atoms with Crippen LogP contribution in [0.5, 0.6) is 0 Å². The predicted molar refractivity (Wildman–Crippen MR) is 108 cm³/mol. The van der Waals surface area contributed by atoms with Crippen molar-refractivity contribution in [1.82, 2.24) is 0 Å². The van der Waals surface area contributed by atoms with E-state index in [4.69, 9.17) is 0 Å². The summed E-state index contributed by atoms with van der Waals surface area (Å²) < 4.78 is 2.28. The van der Waals surface area contributed by atoms with Gasteiger partial charge in [0.15, 0.2) is 6.20 Å². The van der Waals surface area contributed by atoms with Crippen LogP contribution in [0.4, 0.5) is 0 Å². The second kappa shape index (κ2) is 6.29. The molecule has 0 atom stereocenters. The Kier molecular flexibility index (Phi) is 4.45. The Bertz CT molecular complexity index is 942. The summed E-state index contributed by atoms with van der Waals surface area (Å²) in [6.07, 6.45) is 3.36. The Balaban J connectivity index is 2.28. The van der Waals surface area contributed by atoms with E-state index in [-0.39, 0.29) is 0 Å². The Labute approximate surface area is 152 Å². The van der Waals surface area contributed by atoms with Crippen molar-refractivity contribution in [3.8, 4) is 11.3 Å². The van der Waals surface area contributed by atoms with E-state index in [0.29, 0.717) is 5.41 Å². The number of hydrogen-bond donors (Lipinski definition) is 0. The van der Waals surface area contributed by atoms with Crippen molar-refractivity contribution < 1.29 is 4.57 Å². The summed E-state index contributed by atoms with van der Waals surface area (Å²) in [5, 5.41) is 2.71. The molecule has 0 radical (unpaired) electrons. The van der Waals surface area contributed by atoms with Crippen LogP contribution in [-0.4, -0.2) is 0 Å². The summed E-state index contributed by atoms with van der Waals surface area (Å²) in [5.74, 6) is 0. The molecule has 1 nitrogen and oxygen atoms in total. The zero-order valence-electron chi connectivity index (χ0n) is 16.7. The number of benzene rings is 2. The third-order valence-corrected chi connectivity index (χ3v) is 4.89. The maximum atomic E-state index is 2.39. The van der Waals surface area contributed by atoms with Crippen molar-refractivity contribution in [3.05, 3.63) is 64.8 Å². The molecule has 3 aromatic rings. The molecule has 0 spiro atoms. The predicted octanol–water partition coefficient (Wildman–Crippen LogP) is 5.85. The van der Waals surface area contributed by atoms with Gasteiger partial charge in [-0.15, -0.1) is 0 Å². The van der Waals surface area contributed by atoms with E-state index in [1.54, 1.807) is 0 Å². The minimum absolute atomic E-state index is 0.303. The molecule has 3 rings (SSSR count). The zero-order valence-corrected chi connectivity index (χ0v) is 16.7. The summed E-state index contributed by atoms with van der Waals surface area (Å²) in [6, 6.07) is 13.7. The molecule has 0 fully saturated rings. The monoisotopic (exact) mass is 332 g/mol. The highest BCUT2D eigenvalue weighted by Crippen LogP contribution is 2.32. The summed E-state index contributed by atoms with van der Waals surface area (Å²) in [4.78, 5) is 0. The lowest BCUT2D eigenvalue weighted by atomic mass is 9.86. The first-order valence-corrected chi connectivity index (χ1v) is 9.15.